The van der Waals surface area contributed by atoms with E-state index in [2.05, 4.69) is 25.2 Å². The molecule has 2 N–H and O–H groups in total. The minimum atomic E-state index is -0.212. The number of hydrogen-bond donors (Lipinski definition) is 2. The minimum Gasteiger partial charge on any atom is -0.356 e. The van der Waals surface area contributed by atoms with Crippen LogP contribution in [-0.4, -0.2) is 46.3 Å². The van der Waals surface area contributed by atoms with Crippen LogP contribution in [0.3, 0.4) is 0 Å². The molecule has 7 heteroatoms. The van der Waals surface area contributed by atoms with Crippen molar-refractivity contribution in [1.29, 1.82) is 0 Å². The number of nitrogens with zero attached hydrogens (tertiary/aromatic N) is 3. The molecule has 1 atom stereocenters. The Hall–Kier alpha value is -3.74. The molecular weight excluding hydrogens is 402 g/mol. The lowest BCUT2D eigenvalue weighted by molar-refractivity contribution is -0.119. The Labute approximate surface area is 185 Å². The van der Waals surface area contributed by atoms with E-state index in [1.165, 1.54) is 0 Å². The van der Waals surface area contributed by atoms with Crippen LogP contribution in [0.1, 0.15) is 29.6 Å². The summed E-state index contributed by atoms with van der Waals surface area (Å²) in [5.74, 6) is 1.00. The lowest BCUT2D eigenvalue weighted by atomic mass is 9.92. The van der Waals surface area contributed by atoms with Gasteiger partial charge in [-0.1, -0.05) is 36.4 Å². The maximum atomic E-state index is 12.7. The Morgan fingerprint density at radius 1 is 1.06 bits per heavy atom. The van der Waals surface area contributed by atoms with Crippen LogP contribution in [-0.2, 0) is 4.79 Å². The van der Waals surface area contributed by atoms with Gasteiger partial charge in [0.1, 0.15) is 17.8 Å². The molecule has 1 aliphatic heterocycles. The number of piperidine rings is 1. The molecule has 162 valence electrons. The van der Waals surface area contributed by atoms with Crippen LogP contribution in [0, 0.1) is 5.92 Å². The highest BCUT2D eigenvalue weighted by Crippen LogP contribution is 2.28. The standard InChI is InChI=1S/C25H25N5O2/c31-19(14-27-25(32)21-9-3-7-18-6-1-2-8-20(18)21)13-17-5-4-12-30(15-17)24-22-10-11-26-23(22)28-16-29-24/h1-3,6-11,16-17H,4-5,12-15H2,(H,27,32)(H,26,28,29). The summed E-state index contributed by atoms with van der Waals surface area (Å²) in [6.45, 7) is 1.74. The number of hydrogen-bond acceptors (Lipinski definition) is 5. The first-order valence-corrected chi connectivity index (χ1v) is 11.0. The number of carbonyl (C=O) groups is 2. The topological polar surface area (TPSA) is 91.0 Å². The zero-order chi connectivity index (χ0) is 21.9. The number of benzene rings is 2. The van der Waals surface area contributed by atoms with Crippen molar-refractivity contribution in [2.45, 2.75) is 19.3 Å². The van der Waals surface area contributed by atoms with Crippen molar-refractivity contribution in [2.75, 3.05) is 24.5 Å². The maximum Gasteiger partial charge on any atom is 0.252 e. The van der Waals surface area contributed by atoms with Crippen molar-refractivity contribution in [2.24, 2.45) is 5.92 Å². The first-order valence-electron chi connectivity index (χ1n) is 11.0. The molecule has 4 aromatic rings. The molecule has 7 nitrogen and oxygen atoms in total. The number of fused-ring (bicyclic) bond motifs is 2. The van der Waals surface area contributed by atoms with Crippen molar-refractivity contribution >= 4 is 39.3 Å². The largest absolute Gasteiger partial charge is 0.356 e. The van der Waals surface area contributed by atoms with Gasteiger partial charge in [0.15, 0.2) is 5.78 Å². The van der Waals surface area contributed by atoms with Crippen molar-refractivity contribution < 1.29 is 9.59 Å². The fourth-order valence-corrected chi connectivity index (χ4v) is 4.63. The predicted molar refractivity (Wildman–Crippen MR) is 125 cm³/mol. The lowest BCUT2D eigenvalue weighted by Gasteiger charge is -2.33. The zero-order valence-corrected chi connectivity index (χ0v) is 17.8. The number of nitrogens with one attached hydrogen (secondary N) is 2. The fourth-order valence-electron chi connectivity index (χ4n) is 4.63. The molecule has 0 aliphatic carbocycles. The van der Waals surface area contributed by atoms with Gasteiger partial charge in [0.25, 0.3) is 5.91 Å². The van der Waals surface area contributed by atoms with E-state index in [1.54, 1.807) is 12.4 Å². The summed E-state index contributed by atoms with van der Waals surface area (Å²) >= 11 is 0. The second kappa shape index (κ2) is 8.78. The van der Waals surface area contributed by atoms with Crippen molar-refractivity contribution in [3.63, 3.8) is 0 Å². The Morgan fingerprint density at radius 2 is 1.94 bits per heavy atom. The van der Waals surface area contributed by atoms with Gasteiger partial charge in [-0.3, -0.25) is 9.59 Å². The number of ketones is 1. The highest BCUT2D eigenvalue weighted by molar-refractivity contribution is 6.07. The molecule has 0 spiro atoms. The first-order chi connectivity index (χ1) is 15.7. The predicted octanol–water partition coefficient (Wildman–Crippen LogP) is 3.72. The summed E-state index contributed by atoms with van der Waals surface area (Å²) in [6, 6.07) is 15.4. The molecule has 0 radical (unpaired) electrons. The molecule has 3 heterocycles. The summed E-state index contributed by atoms with van der Waals surface area (Å²) in [5.41, 5.74) is 1.42. The average molecular weight is 428 g/mol. The molecule has 0 saturated carbocycles. The van der Waals surface area contributed by atoms with Crippen molar-refractivity contribution in [3.05, 3.63) is 66.6 Å². The van der Waals surface area contributed by atoms with E-state index in [0.29, 0.717) is 12.0 Å². The van der Waals surface area contributed by atoms with E-state index in [-0.39, 0.29) is 24.2 Å². The molecular formula is C25H25N5O2. The van der Waals surface area contributed by atoms with E-state index in [4.69, 9.17) is 0 Å². The SMILES string of the molecule is O=C(CNC(=O)c1cccc2ccccc12)CC1CCCN(c2ncnc3[nH]ccc23)C1. The number of aromatic nitrogens is 3. The summed E-state index contributed by atoms with van der Waals surface area (Å²) in [5, 5.41) is 5.72. The van der Waals surface area contributed by atoms with Crippen LogP contribution in [0.15, 0.2) is 61.1 Å². The Bertz CT molecular complexity index is 1280. The molecule has 32 heavy (non-hydrogen) atoms. The molecule has 1 saturated heterocycles. The molecule has 0 bridgehead atoms. The number of carbonyl (C=O) groups excluding carboxylic acids is 2. The van der Waals surface area contributed by atoms with Gasteiger partial charge in [-0.2, -0.15) is 0 Å². The molecule has 2 aromatic heterocycles. The number of H-pyrrole nitrogens is 1. The second-order valence-corrected chi connectivity index (χ2v) is 8.34. The first kappa shape index (κ1) is 20.2. The normalized spacial score (nSPS) is 16.4. The van der Waals surface area contributed by atoms with Gasteiger partial charge in [0.05, 0.1) is 11.9 Å². The molecule has 5 rings (SSSR count). The van der Waals surface area contributed by atoms with Crippen LogP contribution < -0.4 is 10.2 Å². The lowest BCUT2D eigenvalue weighted by Crippen LogP contribution is -2.38. The Morgan fingerprint density at radius 3 is 2.88 bits per heavy atom. The van der Waals surface area contributed by atoms with Crippen LogP contribution in [0.4, 0.5) is 5.82 Å². The molecule has 2 aromatic carbocycles. The van der Waals surface area contributed by atoms with Crippen molar-refractivity contribution in [3.8, 4) is 0 Å². The minimum absolute atomic E-state index is 0.0497. The smallest absolute Gasteiger partial charge is 0.252 e. The number of Topliss-reactive ketones (excluding diaryl/α,β-unsaturated/α-hetero) is 1. The summed E-state index contributed by atoms with van der Waals surface area (Å²) in [7, 11) is 0. The summed E-state index contributed by atoms with van der Waals surface area (Å²) < 4.78 is 0. The van der Waals surface area contributed by atoms with Crippen LogP contribution >= 0.6 is 0 Å². The van der Waals surface area contributed by atoms with E-state index in [0.717, 1.165) is 53.6 Å². The molecule has 1 unspecified atom stereocenters. The van der Waals surface area contributed by atoms with Crippen LogP contribution in [0.5, 0.6) is 0 Å². The number of anilines is 1. The third kappa shape index (κ3) is 4.06. The summed E-state index contributed by atoms with van der Waals surface area (Å²) in [4.78, 5) is 39.5. The molecule has 1 aliphatic rings. The van der Waals surface area contributed by atoms with Gasteiger partial charge in [-0.05, 0) is 41.7 Å². The van der Waals surface area contributed by atoms with Crippen LogP contribution in [0.2, 0.25) is 0 Å². The van der Waals surface area contributed by atoms with Crippen LogP contribution in [0.25, 0.3) is 21.8 Å². The van der Waals surface area contributed by atoms with Crippen molar-refractivity contribution in [1.82, 2.24) is 20.3 Å². The van der Waals surface area contributed by atoms with Gasteiger partial charge >= 0.3 is 0 Å². The second-order valence-electron chi connectivity index (χ2n) is 8.34. The quantitative estimate of drug-likeness (QED) is 0.489. The van der Waals surface area contributed by atoms with Gasteiger partial charge in [0.2, 0.25) is 0 Å². The molecule has 1 fully saturated rings. The van der Waals surface area contributed by atoms with Gasteiger partial charge < -0.3 is 15.2 Å². The maximum absolute atomic E-state index is 12.7. The van der Waals surface area contributed by atoms with E-state index >= 15 is 0 Å². The van der Waals surface area contributed by atoms with Gasteiger partial charge in [-0.15, -0.1) is 0 Å². The van der Waals surface area contributed by atoms with E-state index in [9.17, 15) is 9.59 Å². The monoisotopic (exact) mass is 427 g/mol. The number of rotatable bonds is 6. The summed E-state index contributed by atoms with van der Waals surface area (Å²) in [6.07, 6.45) is 5.91. The zero-order valence-electron chi connectivity index (χ0n) is 17.8. The van der Waals surface area contributed by atoms with Gasteiger partial charge in [0, 0.05) is 31.3 Å². The average Bonchev–Trinajstić information content (AvgIpc) is 3.31. The Kier molecular flexibility index (Phi) is 5.54. The third-order valence-electron chi connectivity index (χ3n) is 6.15. The molecule has 1 amide bonds. The number of amides is 1. The highest BCUT2D eigenvalue weighted by Gasteiger charge is 2.24. The van der Waals surface area contributed by atoms with E-state index < -0.39 is 0 Å². The highest BCUT2D eigenvalue weighted by atomic mass is 16.2. The fraction of sp³-hybridized carbons (Fsp3) is 0.280. The Balaban J connectivity index is 1.20. The number of aromatic amines is 1. The third-order valence-corrected chi connectivity index (χ3v) is 6.15. The van der Waals surface area contributed by atoms with E-state index in [1.807, 2.05) is 48.7 Å². The van der Waals surface area contributed by atoms with Gasteiger partial charge in [-0.25, -0.2) is 9.97 Å².